The van der Waals surface area contributed by atoms with Crippen LogP contribution < -0.4 is 15.5 Å². The molecular formula is C28H19FN6O3. The minimum absolute atomic E-state index is 0.0809. The quantitative estimate of drug-likeness (QED) is 0.359. The molecule has 38 heavy (non-hydrogen) atoms. The zero-order valence-corrected chi connectivity index (χ0v) is 20.0. The van der Waals surface area contributed by atoms with Crippen LogP contribution in [0.2, 0.25) is 0 Å². The van der Waals surface area contributed by atoms with E-state index in [1.54, 1.807) is 59.3 Å². The van der Waals surface area contributed by atoms with E-state index in [0.717, 1.165) is 11.0 Å². The maximum absolute atomic E-state index is 13.5. The minimum Gasteiger partial charge on any atom is -0.438 e. The molecule has 0 atom stereocenters. The number of halogens is 1. The number of carbonyl (C=O) groups is 1. The van der Waals surface area contributed by atoms with Crippen LogP contribution in [0.25, 0.3) is 27.8 Å². The monoisotopic (exact) mass is 506 g/mol. The Morgan fingerprint density at radius 3 is 2.50 bits per heavy atom. The molecule has 0 aliphatic carbocycles. The van der Waals surface area contributed by atoms with Crippen LogP contribution in [0.4, 0.5) is 10.1 Å². The lowest BCUT2D eigenvalue weighted by Gasteiger charge is -2.13. The third kappa shape index (κ3) is 4.13. The van der Waals surface area contributed by atoms with Gasteiger partial charge in [-0.15, -0.1) is 0 Å². The van der Waals surface area contributed by atoms with E-state index >= 15 is 0 Å². The first-order valence-corrected chi connectivity index (χ1v) is 11.6. The van der Waals surface area contributed by atoms with Crippen molar-refractivity contribution in [3.05, 3.63) is 113 Å². The first-order valence-electron chi connectivity index (χ1n) is 11.6. The van der Waals surface area contributed by atoms with E-state index in [2.05, 4.69) is 20.3 Å². The number of anilines is 1. The fourth-order valence-electron chi connectivity index (χ4n) is 4.17. The number of hydrogen-bond donors (Lipinski definition) is 1. The third-order valence-electron chi connectivity index (χ3n) is 6.06. The largest absolute Gasteiger partial charge is 0.438 e. The van der Waals surface area contributed by atoms with Crippen molar-refractivity contribution < 1.29 is 13.9 Å². The standard InChI is InChI=1S/C28H19FN6O3/c1-34-14-12-22-25(34)31-16-32-28(22)38-20-10-6-18(7-11-20)33-27(37)23-15-35(19-8-4-17(29)5-9-19)26-21(24(23)36)3-2-13-30-26/h2-16H,1H3,(H,33,37). The number of ether oxygens (including phenoxy) is 1. The number of benzene rings is 2. The highest BCUT2D eigenvalue weighted by molar-refractivity contribution is 6.05. The van der Waals surface area contributed by atoms with Gasteiger partial charge in [0.05, 0.1) is 10.8 Å². The Morgan fingerprint density at radius 1 is 0.921 bits per heavy atom. The van der Waals surface area contributed by atoms with Crippen molar-refractivity contribution in [3.8, 4) is 17.3 Å². The second-order valence-corrected chi connectivity index (χ2v) is 8.52. The molecule has 0 aliphatic heterocycles. The maximum Gasteiger partial charge on any atom is 0.261 e. The van der Waals surface area contributed by atoms with Crippen molar-refractivity contribution in [1.82, 2.24) is 24.1 Å². The molecule has 0 fully saturated rings. The molecule has 4 heterocycles. The molecule has 0 radical (unpaired) electrons. The first-order chi connectivity index (χ1) is 18.5. The predicted molar refractivity (Wildman–Crippen MR) is 140 cm³/mol. The Labute approximate surface area is 214 Å². The summed E-state index contributed by atoms with van der Waals surface area (Å²) in [6.07, 6.45) is 6.27. The highest BCUT2D eigenvalue weighted by Gasteiger charge is 2.17. The fourth-order valence-corrected chi connectivity index (χ4v) is 4.17. The van der Waals surface area contributed by atoms with E-state index in [1.165, 1.54) is 24.7 Å². The van der Waals surface area contributed by atoms with Crippen LogP contribution in [0.5, 0.6) is 11.6 Å². The molecule has 0 unspecified atom stereocenters. The molecule has 6 rings (SSSR count). The molecule has 0 bridgehead atoms. The van der Waals surface area contributed by atoms with Gasteiger partial charge in [-0.3, -0.25) is 9.59 Å². The Hall–Kier alpha value is -5.38. The van der Waals surface area contributed by atoms with Crippen molar-refractivity contribution >= 4 is 33.7 Å². The summed E-state index contributed by atoms with van der Waals surface area (Å²) in [4.78, 5) is 39.1. The van der Waals surface area contributed by atoms with Gasteiger partial charge in [0.2, 0.25) is 11.3 Å². The molecule has 186 valence electrons. The highest BCUT2D eigenvalue weighted by atomic mass is 19.1. The molecule has 2 aromatic carbocycles. The number of hydrogen-bond acceptors (Lipinski definition) is 6. The summed E-state index contributed by atoms with van der Waals surface area (Å²) >= 11 is 0. The molecule has 9 nitrogen and oxygen atoms in total. The van der Waals surface area contributed by atoms with Crippen LogP contribution in [0.15, 0.2) is 96.4 Å². The van der Waals surface area contributed by atoms with Crippen molar-refractivity contribution in [2.45, 2.75) is 0 Å². The Balaban J connectivity index is 1.28. The van der Waals surface area contributed by atoms with Gasteiger partial charge in [0.25, 0.3) is 5.91 Å². The number of nitrogens with one attached hydrogen (secondary N) is 1. The summed E-state index contributed by atoms with van der Waals surface area (Å²) in [7, 11) is 1.89. The summed E-state index contributed by atoms with van der Waals surface area (Å²) in [6, 6.07) is 17.5. The van der Waals surface area contributed by atoms with Gasteiger partial charge >= 0.3 is 0 Å². The van der Waals surface area contributed by atoms with Gasteiger partial charge in [-0.25, -0.2) is 19.3 Å². The average molecular weight is 506 g/mol. The van der Waals surface area contributed by atoms with Crippen LogP contribution in [0.3, 0.4) is 0 Å². The summed E-state index contributed by atoms with van der Waals surface area (Å²) < 4.78 is 22.9. The number of rotatable bonds is 5. The second kappa shape index (κ2) is 9.25. The molecule has 6 aromatic rings. The summed E-state index contributed by atoms with van der Waals surface area (Å²) in [6.45, 7) is 0. The summed E-state index contributed by atoms with van der Waals surface area (Å²) in [5.74, 6) is -0.0572. The van der Waals surface area contributed by atoms with Gasteiger partial charge in [-0.05, 0) is 66.7 Å². The van der Waals surface area contributed by atoms with Gasteiger partial charge in [-0.2, -0.15) is 0 Å². The minimum atomic E-state index is -0.591. The van der Waals surface area contributed by atoms with E-state index < -0.39 is 17.2 Å². The lowest BCUT2D eigenvalue weighted by Crippen LogP contribution is -2.24. The number of nitrogens with zero attached hydrogens (tertiary/aromatic N) is 5. The van der Waals surface area contributed by atoms with Gasteiger partial charge in [0, 0.05) is 37.0 Å². The Morgan fingerprint density at radius 2 is 1.71 bits per heavy atom. The molecule has 1 amide bonds. The molecule has 0 aliphatic rings. The molecule has 10 heteroatoms. The van der Waals surface area contributed by atoms with Crippen LogP contribution in [-0.4, -0.2) is 30.0 Å². The lowest BCUT2D eigenvalue weighted by atomic mass is 10.1. The van der Waals surface area contributed by atoms with Crippen LogP contribution >= 0.6 is 0 Å². The number of pyridine rings is 2. The van der Waals surface area contributed by atoms with E-state index in [1.807, 2.05) is 23.9 Å². The van der Waals surface area contributed by atoms with Gasteiger partial charge in [0.15, 0.2) is 0 Å². The highest BCUT2D eigenvalue weighted by Crippen LogP contribution is 2.28. The maximum atomic E-state index is 13.5. The van der Waals surface area contributed by atoms with Crippen LogP contribution in [0, 0.1) is 5.82 Å². The molecular weight excluding hydrogens is 487 g/mol. The number of amides is 1. The van der Waals surface area contributed by atoms with Gasteiger partial charge in [-0.1, -0.05) is 0 Å². The molecule has 4 aromatic heterocycles. The Kier molecular flexibility index (Phi) is 5.61. The zero-order chi connectivity index (χ0) is 26.2. The van der Waals surface area contributed by atoms with Gasteiger partial charge in [0.1, 0.15) is 34.8 Å². The topological polar surface area (TPSA) is 104 Å². The second-order valence-electron chi connectivity index (χ2n) is 8.52. The number of carbonyl (C=O) groups excluding carboxylic acids is 1. The third-order valence-corrected chi connectivity index (χ3v) is 6.06. The SMILES string of the molecule is Cn1ccc2c(Oc3ccc(NC(=O)c4cn(-c5ccc(F)cc5)c5ncccc5c4=O)cc3)ncnc21. The van der Waals surface area contributed by atoms with Crippen molar-refractivity contribution in [3.63, 3.8) is 0 Å². The summed E-state index contributed by atoms with van der Waals surface area (Å²) in [5.41, 5.74) is 1.59. The average Bonchev–Trinajstić information content (AvgIpc) is 3.32. The molecule has 1 N–H and O–H groups in total. The van der Waals surface area contributed by atoms with Crippen LogP contribution in [-0.2, 0) is 7.05 Å². The number of fused-ring (bicyclic) bond motifs is 2. The van der Waals surface area contributed by atoms with E-state index in [-0.39, 0.29) is 10.9 Å². The lowest BCUT2D eigenvalue weighted by molar-refractivity contribution is 0.102. The van der Waals surface area contributed by atoms with E-state index in [9.17, 15) is 14.0 Å². The number of aromatic nitrogens is 5. The molecule has 0 saturated carbocycles. The van der Waals surface area contributed by atoms with Crippen molar-refractivity contribution in [2.24, 2.45) is 7.05 Å². The predicted octanol–water partition coefficient (Wildman–Crippen LogP) is 4.85. The normalized spacial score (nSPS) is 11.1. The van der Waals surface area contributed by atoms with Crippen molar-refractivity contribution in [1.29, 1.82) is 0 Å². The zero-order valence-electron chi connectivity index (χ0n) is 20.0. The molecule has 0 saturated heterocycles. The Bertz CT molecular complexity index is 1880. The van der Waals surface area contributed by atoms with E-state index in [0.29, 0.717) is 28.7 Å². The first kappa shape index (κ1) is 23.0. The smallest absolute Gasteiger partial charge is 0.261 e. The van der Waals surface area contributed by atoms with Crippen molar-refractivity contribution in [2.75, 3.05) is 5.32 Å². The summed E-state index contributed by atoms with van der Waals surface area (Å²) in [5, 5.41) is 3.80. The molecule has 0 spiro atoms. The van der Waals surface area contributed by atoms with Crippen LogP contribution in [0.1, 0.15) is 10.4 Å². The van der Waals surface area contributed by atoms with Gasteiger partial charge < -0.3 is 19.2 Å². The number of aryl methyl sites for hydroxylation is 1. The fraction of sp³-hybridized carbons (Fsp3) is 0.0357. The van der Waals surface area contributed by atoms with E-state index in [4.69, 9.17) is 4.74 Å².